The monoisotopic (exact) mass is 278 g/mol. The van der Waals surface area contributed by atoms with Crippen molar-refractivity contribution in [2.45, 2.75) is 40.0 Å². The number of nitrogens with zero attached hydrogens (tertiary/aromatic N) is 3. The first-order chi connectivity index (χ1) is 9.54. The van der Waals surface area contributed by atoms with E-state index in [4.69, 9.17) is 0 Å². The number of anilines is 1. The van der Waals surface area contributed by atoms with Crippen LogP contribution in [0.25, 0.3) is 0 Å². The van der Waals surface area contributed by atoms with Crippen LogP contribution in [0.4, 0.5) is 5.82 Å². The van der Waals surface area contributed by atoms with Crippen molar-refractivity contribution < 1.29 is 4.79 Å². The molecule has 20 heavy (non-hydrogen) atoms. The molecule has 5 nitrogen and oxygen atoms in total. The molecule has 1 amide bonds. The van der Waals surface area contributed by atoms with Crippen LogP contribution in [0.15, 0.2) is 12.4 Å². The molecule has 0 bridgehead atoms. The van der Waals surface area contributed by atoms with E-state index in [0.29, 0.717) is 18.2 Å². The maximum absolute atomic E-state index is 11.9. The van der Waals surface area contributed by atoms with E-state index in [1.807, 2.05) is 7.05 Å². The van der Waals surface area contributed by atoms with Crippen molar-refractivity contribution in [3.8, 4) is 0 Å². The van der Waals surface area contributed by atoms with E-state index in [9.17, 15) is 4.79 Å². The molecule has 0 fully saturated rings. The van der Waals surface area contributed by atoms with Crippen molar-refractivity contribution in [3.05, 3.63) is 18.1 Å². The Kier molecular flexibility index (Phi) is 6.98. The fraction of sp³-hybridized carbons (Fsp3) is 0.667. The standard InChI is InChI=1S/C15H26N4O/c1-5-6-9-19(4)14-11-17-13(10-18-14)15(20)16-8-7-12(2)3/h10-12H,5-9H2,1-4H3,(H,16,20). The highest BCUT2D eigenvalue weighted by molar-refractivity contribution is 5.91. The predicted molar refractivity (Wildman–Crippen MR) is 82.0 cm³/mol. The summed E-state index contributed by atoms with van der Waals surface area (Å²) in [6.07, 6.45) is 6.44. The molecule has 112 valence electrons. The number of aromatic nitrogens is 2. The van der Waals surface area contributed by atoms with Gasteiger partial charge in [0.2, 0.25) is 0 Å². The Labute approximate surface area is 121 Å². The van der Waals surface area contributed by atoms with Crippen LogP contribution in [0.3, 0.4) is 0 Å². The van der Waals surface area contributed by atoms with Crippen molar-refractivity contribution in [1.29, 1.82) is 0 Å². The van der Waals surface area contributed by atoms with Gasteiger partial charge in [-0.15, -0.1) is 0 Å². The highest BCUT2D eigenvalue weighted by Crippen LogP contribution is 2.08. The molecule has 0 radical (unpaired) electrons. The molecule has 1 rings (SSSR count). The van der Waals surface area contributed by atoms with Gasteiger partial charge in [-0.05, 0) is 18.8 Å². The second-order valence-corrected chi connectivity index (χ2v) is 5.47. The summed E-state index contributed by atoms with van der Waals surface area (Å²) < 4.78 is 0. The first-order valence-electron chi connectivity index (χ1n) is 7.36. The predicted octanol–water partition coefficient (Wildman–Crippen LogP) is 2.49. The molecule has 0 saturated heterocycles. The normalized spacial score (nSPS) is 10.7. The van der Waals surface area contributed by atoms with E-state index >= 15 is 0 Å². The number of hydrogen-bond acceptors (Lipinski definition) is 4. The van der Waals surface area contributed by atoms with E-state index in [-0.39, 0.29) is 5.91 Å². The molecule has 0 aromatic carbocycles. The topological polar surface area (TPSA) is 58.1 Å². The lowest BCUT2D eigenvalue weighted by atomic mass is 10.1. The van der Waals surface area contributed by atoms with Crippen molar-refractivity contribution >= 4 is 11.7 Å². The van der Waals surface area contributed by atoms with Gasteiger partial charge in [-0.25, -0.2) is 9.97 Å². The Hall–Kier alpha value is -1.65. The van der Waals surface area contributed by atoms with E-state index in [1.165, 1.54) is 0 Å². The summed E-state index contributed by atoms with van der Waals surface area (Å²) in [5.41, 5.74) is 0.376. The van der Waals surface area contributed by atoms with Gasteiger partial charge in [-0.3, -0.25) is 4.79 Å². The fourth-order valence-electron chi connectivity index (χ4n) is 1.71. The lowest BCUT2D eigenvalue weighted by Crippen LogP contribution is -2.27. The zero-order valence-electron chi connectivity index (χ0n) is 13.0. The summed E-state index contributed by atoms with van der Waals surface area (Å²) in [7, 11) is 1.99. The molecule has 5 heteroatoms. The number of carbonyl (C=O) groups is 1. The summed E-state index contributed by atoms with van der Waals surface area (Å²) in [6.45, 7) is 8.05. The molecule has 0 atom stereocenters. The molecule has 0 aliphatic rings. The van der Waals surface area contributed by atoms with Crippen LogP contribution in [-0.2, 0) is 0 Å². The third-order valence-corrected chi connectivity index (χ3v) is 3.12. The Balaban J connectivity index is 2.50. The second kappa shape index (κ2) is 8.51. The average molecular weight is 278 g/mol. The summed E-state index contributed by atoms with van der Waals surface area (Å²) in [5.74, 6) is 1.23. The summed E-state index contributed by atoms with van der Waals surface area (Å²) in [5, 5.41) is 2.86. The van der Waals surface area contributed by atoms with E-state index in [2.05, 4.69) is 41.0 Å². The SMILES string of the molecule is CCCCN(C)c1cnc(C(=O)NCCC(C)C)cn1. The number of hydrogen-bond donors (Lipinski definition) is 1. The van der Waals surface area contributed by atoms with Crippen LogP contribution >= 0.6 is 0 Å². The molecule has 0 spiro atoms. The maximum atomic E-state index is 11.9. The van der Waals surface area contributed by atoms with Crippen molar-refractivity contribution in [2.24, 2.45) is 5.92 Å². The molecule has 1 heterocycles. The first kappa shape index (κ1) is 16.4. The van der Waals surface area contributed by atoms with E-state index in [1.54, 1.807) is 12.4 Å². The molecule has 0 aliphatic heterocycles. The molecule has 0 unspecified atom stereocenters. The maximum Gasteiger partial charge on any atom is 0.271 e. The third-order valence-electron chi connectivity index (χ3n) is 3.12. The minimum absolute atomic E-state index is 0.152. The summed E-state index contributed by atoms with van der Waals surface area (Å²) >= 11 is 0. The summed E-state index contributed by atoms with van der Waals surface area (Å²) in [6, 6.07) is 0. The molecule has 0 saturated carbocycles. The van der Waals surface area contributed by atoms with Crippen LogP contribution in [0.2, 0.25) is 0 Å². The van der Waals surface area contributed by atoms with Gasteiger partial charge >= 0.3 is 0 Å². The number of unbranched alkanes of at least 4 members (excludes halogenated alkanes) is 1. The Bertz CT molecular complexity index is 403. The van der Waals surface area contributed by atoms with Crippen LogP contribution in [-0.4, -0.2) is 36.0 Å². The highest BCUT2D eigenvalue weighted by Gasteiger charge is 2.09. The van der Waals surface area contributed by atoms with E-state index < -0.39 is 0 Å². The zero-order chi connectivity index (χ0) is 15.0. The quantitative estimate of drug-likeness (QED) is 0.793. The molecular weight excluding hydrogens is 252 g/mol. The first-order valence-corrected chi connectivity index (χ1v) is 7.36. The lowest BCUT2D eigenvalue weighted by Gasteiger charge is -2.17. The van der Waals surface area contributed by atoms with Crippen LogP contribution in [0, 0.1) is 5.92 Å². The van der Waals surface area contributed by atoms with Gasteiger partial charge in [-0.2, -0.15) is 0 Å². The Morgan fingerprint density at radius 1 is 1.35 bits per heavy atom. The highest BCUT2D eigenvalue weighted by atomic mass is 16.1. The van der Waals surface area contributed by atoms with Gasteiger partial charge in [0.1, 0.15) is 11.5 Å². The second-order valence-electron chi connectivity index (χ2n) is 5.47. The summed E-state index contributed by atoms with van der Waals surface area (Å²) in [4.78, 5) is 22.4. The molecule has 0 aliphatic carbocycles. The van der Waals surface area contributed by atoms with Crippen molar-refractivity contribution in [2.75, 3.05) is 25.0 Å². The molecule has 1 aromatic rings. The van der Waals surface area contributed by atoms with Gasteiger partial charge in [-0.1, -0.05) is 27.2 Å². The smallest absolute Gasteiger partial charge is 0.271 e. The fourth-order valence-corrected chi connectivity index (χ4v) is 1.71. The Morgan fingerprint density at radius 2 is 2.10 bits per heavy atom. The van der Waals surface area contributed by atoms with Crippen LogP contribution < -0.4 is 10.2 Å². The number of carbonyl (C=O) groups excluding carboxylic acids is 1. The average Bonchev–Trinajstić information content (AvgIpc) is 2.44. The van der Waals surface area contributed by atoms with Crippen molar-refractivity contribution in [1.82, 2.24) is 15.3 Å². The van der Waals surface area contributed by atoms with Crippen LogP contribution in [0.5, 0.6) is 0 Å². The lowest BCUT2D eigenvalue weighted by molar-refractivity contribution is 0.0946. The van der Waals surface area contributed by atoms with Gasteiger partial charge in [0.15, 0.2) is 0 Å². The van der Waals surface area contributed by atoms with Gasteiger partial charge < -0.3 is 10.2 Å². The van der Waals surface area contributed by atoms with Gasteiger partial charge in [0, 0.05) is 20.1 Å². The Morgan fingerprint density at radius 3 is 2.65 bits per heavy atom. The van der Waals surface area contributed by atoms with Crippen molar-refractivity contribution in [3.63, 3.8) is 0 Å². The van der Waals surface area contributed by atoms with E-state index in [0.717, 1.165) is 31.6 Å². The number of nitrogens with one attached hydrogen (secondary N) is 1. The largest absolute Gasteiger partial charge is 0.358 e. The molecular formula is C15H26N4O. The number of amides is 1. The zero-order valence-corrected chi connectivity index (χ0v) is 13.0. The number of rotatable bonds is 8. The minimum atomic E-state index is -0.152. The van der Waals surface area contributed by atoms with Crippen LogP contribution in [0.1, 0.15) is 50.5 Å². The third kappa shape index (κ3) is 5.55. The molecule has 1 N–H and O–H groups in total. The van der Waals surface area contributed by atoms with Gasteiger partial charge in [0.05, 0.1) is 12.4 Å². The minimum Gasteiger partial charge on any atom is -0.358 e. The molecule has 1 aromatic heterocycles. The van der Waals surface area contributed by atoms with Gasteiger partial charge in [0.25, 0.3) is 5.91 Å².